The zero-order chi connectivity index (χ0) is 29.0. The number of aliphatic hydroxyl groups is 1. The highest BCUT2D eigenvalue weighted by atomic mass is 16.6. The van der Waals surface area contributed by atoms with Crippen LogP contribution in [0.5, 0.6) is 11.5 Å². The van der Waals surface area contributed by atoms with E-state index in [9.17, 15) is 25.1 Å². The van der Waals surface area contributed by atoms with Crippen LogP contribution in [0.4, 0.5) is 11.4 Å². The summed E-state index contributed by atoms with van der Waals surface area (Å²) in [4.78, 5) is 28.4. The lowest BCUT2D eigenvalue weighted by Gasteiger charge is -2.64. The number of likely N-dealkylation sites (tertiary alicyclic amines) is 1. The van der Waals surface area contributed by atoms with Gasteiger partial charge >= 0.3 is 5.69 Å². The fraction of sp³-hybridized carbons (Fsp3) is 0.552. The number of piperidine rings is 1. The Hall–Kier alpha value is -3.97. The van der Waals surface area contributed by atoms with E-state index >= 15 is 0 Å². The van der Waals surface area contributed by atoms with Gasteiger partial charge in [-0.05, 0) is 79.0 Å². The van der Waals surface area contributed by atoms with Crippen LogP contribution in [0.25, 0.3) is 11.0 Å². The number of rotatable bonds is 7. The number of aromatic hydroxyl groups is 1. The quantitative estimate of drug-likeness (QED) is 0.278. The lowest BCUT2D eigenvalue weighted by atomic mass is 9.48. The number of carbonyl (C=O) groups is 1. The molecular formula is C29H32N6O7. The van der Waals surface area contributed by atoms with E-state index in [4.69, 9.17) is 9.37 Å². The minimum atomic E-state index is -1.03. The van der Waals surface area contributed by atoms with Crippen molar-refractivity contribution in [1.82, 2.24) is 20.5 Å². The Morgan fingerprint density at radius 1 is 1.21 bits per heavy atom. The summed E-state index contributed by atoms with van der Waals surface area (Å²) in [5, 5.41) is 45.5. The highest BCUT2D eigenvalue weighted by molar-refractivity contribution is 5.95. The molecule has 13 heteroatoms. The number of ether oxygens (including phenoxy) is 1. The van der Waals surface area contributed by atoms with Gasteiger partial charge in [-0.3, -0.25) is 19.8 Å². The molecule has 3 aromatic rings. The van der Waals surface area contributed by atoms with Gasteiger partial charge in [0, 0.05) is 31.3 Å². The molecule has 1 aromatic heterocycles. The van der Waals surface area contributed by atoms with E-state index in [2.05, 4.69) is 20.5 Å². The second-order valence-corrected chi connectivity index (χ2v) is 12.7. The Labute approximate surface area is 240 Å². The molecule has 0 radical (unpaired) electrons. The highest BCUT2D eigenvalue weighted by Gasteiger charge is 2.73. The van der Waals surface area contributed by atoms with Crippen LogP contribution in [0.1, 0.15) is 43.2 Å². The molecule has 3 N–H and O–H groups in total. The third kappa shape index (κ3) is 3.40. The molecule has 220 valence electrons. The van der Waals surface area contributed by atoms with Crippen molar-refractivity contribution < 1.29 is 29.3 Å². The van der Waals surface area contributed by atoms with Crippen molar-refractivity contribution in [1.29, 1.82) is 0 Å². The maximum Gasteiger partial charge on any atom is 0.300 e. The first-order chi connectivity index (χ1) is 20.2. The Bertz CT molecular complexity index is 1640. The monoisotopic (exact) mass is 576 g/mol. The second kappa shape index (κ2) is 8.77. The number of nitro groups is 1. The van der Waals surface area contributed by atoms with Crippen LogP contribution in [-0.4, -0.2) is 86.7 Å². The van der Waals surface area contributed by atoms with Gasteiger partial charge in [-0.15, -0.1) is 0 Å². The normalized spacial score (nSPS) is 31.0. The van der Waals surface area contributed by atoms with E-state index < -0.39 is 22.0 Å². The fourth-order valence-electron chi connectivity index (χ4n) is 8.48. The van der Waals surface area contributed by atoms with E-state index in [0.717, 1.165) is 24.2 Å². The number of fused-ring (bicyclic) bond motifs is 1. The number of anilines is 1. The van der Waals surface area contributed by atoms with Crippen LogP contribution in [0.2, 0.25) is 0 Å². The molecule has 1 saturated heterocycles. The number of nitro benzene ring substituents is 1. The number of phenols is 1. The summed E-state index contributed by atoms with van der Waals surface area (Å²) < 4.78 is 11.3. The van der Waals surface area contributed by atoms with Gasteiger partial charge in [0.25, 0.3) is 0 Å². The van der Waals surface area contributed by atoms with Gasteiger partial charge in [-0.25, -0.2) is 4.63 Å². The molecular weight excluding hydrogens is 544 g/mol. The number of phenolic OH excluding ortho intramolecular Hbond substituents is 1. The fourth-order valence-corrected chi connectivity index (χ4v) is 8.48. The molecule has 5 atom stereocenters. The van der Waals surface area contributed by atoms with Crippen molar-refractivity contribution in [3.8, 4) is 11.5 Å². The first-order valence-electron chi connectivity index (χ1n) is 14.6. The lowest BCUT2D eigenvalue weighted by molar-refractivity contribution is -0.383. The largest absolute Gasteiger partial charge is 0.504 e. The van der Waals surface area contributed by atoms with Crippen molar-refractivity contribution in [2.45, 2.75) is 67.7 Å². The summed E-state index contributed by atoms with van der Waals surface area (Å²) in [6, 6.07) is 6.07. The Morgan fingerprint density at radius 2 is 2.02 bits per heavy atom. The van der Waals surface area contributed by atoms with E-state index in [1.807, 2.05) is 6.07 Å². The van der Waals surface area contributed by atoms with E-state index in [-0.39, 0.29) is 47.0 Å². The van der Waals surface area contributed by atoms with Crippen molar-refractivity contribution in [2.75, 3.05) is 31.6 Å². The molecule has 3 heterocycles. The smallest absolute Gasteiger partial charge is 0.300 e. The van der Waals surface area contributed by atoms with Crippen LogP contribution in [0, 0.1) is 16.0 Å². The Kier molecular flexibility index (Phi) is 5.37. The molecule has 2 aliphatic heterocycles. The number of benzene rings is 2. The molecule has 13 nitrogen and oxygen atoms in total. The molecule has 5 aliphatic rings. The van der Waals surface area contributed by atoms with E-state index in [1.54, 1.807) is 18.0 Å². The van der Waals surface area contributed by atoms with Gasteiger partial charge in [0.15, 0.2) is 17.0 Å². The molecule has 2 saturated carbocycles. The number of amides is 1. The van der Waals surface area contributed by atoms with Gasteiger partial charge in [-0.1, -0.05) is 6.07 Å². The number of carbonyl (C=O) groups excluding carboxylic acids is 1. The van der Waals surface area contributed by atoms with Crippen LogP contribution in [0.15, 0.2) is 28.9 Å². The molecule has 1 amide bonds. The maximum absolute atomic E-state index is 13.5. The standard InChI is InChI=1S/C29H32N6O7/c1-33(18-5-6-19(35(39)40)25-24(18)31-42-32-25)14-22(37)30-17-8-9-29(38)21-12-16-4-7-20(36)26-23(16)28(29,27(17)41-26)10-11-34(21)13-15-2-3-15/h4-7,15,17,21,27,36,38H,2-3,8-14H2,1H3,(H,30,37)/t17-,21-,27+,28+,29-/m1/s1. The minimum Gasteiger partial charge on any atom is -0.504 e. The summed E-state index contributed by atoms with van der Waals surface area (Å²) in [5.41, 5.74) is 0.735. The molecule has 0 unspecified atom stereocenters. The zero-order valence-corrected chi connectivity index (χ0v) is 23.2. The number of hydrogen-bond acceptors (Lipinski definition) is 11. The summed E-state index contributed by atoms with van der Waals surface area (Å²) in [6.07, 6.45) is 4.42. The van der Waals surface area contributed by atoms with Crippen LogP contribution in [0.3, 0.4) is 0 Å². The van der Waals surface area contributed by atoms with Crippen molar-refractivity contribution in [2.24, 2.45) is 5.92 Å². The number of nitrogens with zero attached hydrogens (tertiary/aromatic N) is 5. The third-order valence-electron chi connectivity index (χ3n) is 10.5. The van der Waals surface area contributed by atoms with E-state index in [1.165, 1.54) is 25.0 Å². The average molecular weight is 577 g/mol. The van der Waals surface area contributed by atoms with Crippen molar-refractivity contribution >= 4 is 28.3 Å². The minimum absolute atomic E-state index is 0.0167. The second-order valence-electron chi connectivity index (χ2n) is 12.7. The Morgan fingerprint density at radius 3 is 2.81 bits per heavy atom. The number of hydrogen-bond donors (Lipinski definition) is 3. The van der Waals surface area contributed by atoms with Gasteiger partial charge in [0.2, 0.25) is 11.4 Å². The number of aromatic nitrogens is 2. The molecule has 3 fully saturated rings. The third-order valence-corrected chi connectivity index (χ3v) is 10.5. The SMILES string of the molecule is CN(CC(=O)N[C@@H]1CC[C@@]2(O)[C@H]3Cc4ccc(O)c5c4[C@@]2(CCN3CC2CC2)[C@H]1O5)c1ccc([N+](=O)[O-])c2nonc12. The zero-order valence-electron chi connectivity index (χ0n) is 23.2. The highest BCUT2D eigenvalue weighted by Crippen LogP contribution is 2.65. The first kappa shape index (κ1) is 25.7. The topological polar surface area (TPSA) is 167 Å². The molecule has 8 rings (SSSR count). The molecule has 3 aliphatic carbocycles. The van der Waals surface area contributed by atoms with Crippen molar-refractivity contribution in [3.63, 3.8) is 0 Å². The predicted molar refractivity (Wildman–Crippen MR) is 148 cm³/mol. The molecule has 2 aromatic carbocycles. The van der Waals surface area contributed by atoms with Gasteiger partial charge < -0.3 is 25.2 Å². The van der Waals surface area contributed by atoms with Gasteiger partial charge in [-0.2, -0.15) is 0 Å². The van der Waals surface area contributed by atoms with Crippen LogP contribution < -0.4 is 15.0 Å². The Balaban J connectivity index is 1.08. The summed E-state index contributed by atoms with van der Waals surface area (Å²) in [7, 11) is 1.70. The molecule has 42 heavy (non-hydrogen) atoms. The van der Waals surface area contributed by atoms with Gasteiger partial charge in [0.1, 0.15) is 6.10 Å². The summed E-state index contributed by atoms with van der Waals surface area (Å²) >= 11 is 0. The number of non-ortho nitro benzene ring substituents is 1. The summed E-state index contributed by atoms with van der Waals surface area (Å²) in [6.45, 7) is 1.78. The van der Waals surface area contributed by atoms with E-state index in [0.29, 0.717) is 43.0 Å². The van der Waals surface area contributed by atoms with Crippen LogP contribution in [-0.2, 0) is 16.6 Å². The predicted octanol–water partition coefficient (Wildman–Crippen LogP) is 2.02. The average Bonchev–Trinajstić information content (AvgIpc) is 3.49. The van der Waals surface area contributed by atoms with Crippen molar-refractivity contribution in [3.05, 3.63) is 45.5 Å². The van der Waals surface area contributed by atoms with Gasteiger partial charge in [0.05, 0.1) is 34.2 Å². The van der Waals surface area contributed by atoms with Crippen LogP contribution >= 0.6 is 0 Å². The molecule has 1 spiro atoms. The lowest BCUT2D eigenvalue weighted by Crippen LogP contribution is -2.78. The number of likely N-dealkylation sites (N-methyl/N-ethyl adjacent to an activating group) is 1. The summed E-state index contributed by atoms with van der Waals surface area (Å²) in [5.74, 6) is 0.935. The maximum atomic E-state index is 13.5. The number of nitrogens with one attached hydrogen (secondary N) is 1. The molecule has 2 bridgehead atoms. The first-order valence-corrected chi connectivity index (χ1v) is 14.6.